The summed E-state index contributed by atoms with van der Waals surface area (Å²) in [7, 11) is 0. The summed E-state index contributed by atoms with van der Waals surface area (Å²) in [5, 5.41) is 3.19. The molecular weight excluding hydrogens is 764 g/mol. The Hall–Kier alpha value is -5.37. The molecule has 0 aliphatic heterocycles. The second-order valence-corrected chi connectivity index (χ2v) is 17.5. The lowest BCUT2D eigenvalue weighted by atomic mass is 9.90. The number of benzene rings is 2. The molecule has 4 amide bonds. The summed E-state index contributed by atoms with van der Waals surface area (Å²) in [6.45, 7) is 16.1. The largest absolute Gasteiger partial charge is 0.457 e. The number of halogens is 1. The molecule has 1 aliphatic carbocycles. The summed E-state index contributed by atoms with van der Waals surface area (Å²) in [6, 6.07) is 16.8. The van der Waals surface area contributed by atoms with Crippen molar-refractivity contribution in [2.24, 2.45) is 0 Å². The van der Waals surface area contributed by atoms with E-state index in [0.29, 0.717) is 53.8 Å². The number of alkyl halides is 1. The van der Waals surface area contributed by atoms with E-state index in [0.717, 1.165) is 10.5 Å². The van der Waals surface area contributed by atoms with Crippen molar-refractivity contribution in [1.82, 2.24) is 24.8 Å². The Balaban J connectivity index is 1.52. The van der Waals surface area contributed by atoms with Gasteiger partial charge in [-0.15, -0.1) is 11.6 Å². The molecule has 0 unspecified atom stereocenters. The zero-order valence-electron chi connectivity index (χ0n) is 34.8. The molecule has 1 aliphatic rings. The minimum atomic E-state index is -0.947. The van der Waals surface area contributed by atoms with Gasteiger partial charge in [0.2, 0.25) is 5.91 Å². The molecule has 0 radical (unpaired) electrons. The van der Waals surface area contributed by atoms with Crippen LogP contribution in [0.5, 0.6) is 11.5 Å². The fourth-order valence-corrected chi connectivity index (χ4v) is 6.91. The van der Waals surface area contributed by atoms with Crippen LogP contribution in [0.4, 0.5) is 20.2 Å². The zero-order valence-corrected chi connectivity index (χ0v) is 35.6. The third kappa shape index (κ3) is 11.6. The third-order valence-corrected chi connectivity index (χ3v) is 9.28. The summed E-state index contributed by atoms with van der Waals surface area (Å²) in [4.78, 5) is 65.0. The van der Waals surface area contributed by atoms with Gasteiger partial charge in [0.05, 0.1) is 5.39 Å². The van der Waals surface area contributed by atoms with E-state index >= 15 is 0 Å². The number of anilines is 1. The quantitative estimate of drug-likeness (QED) is 0.121. The smallest absolute Gasteiger partial charge is 0.425 e. The van der Waals surface area contributed by atoms with E-state index in [1.807, 2.05) is 60.8 Å². The normalized spacial score (nSPS) is 16.0. The molecule has 4 aromatic rings. The molecule has 58 heavy (non-hydrogen) atoms. The molecule has 2 aromatic carbocycles. The van der Waals surface area contributed by atoms with Crippen LogP contribution in [0.3, 0.4) is 0 Å². The van der Waals surface area contributed by atoms with Crippen LogP contribution in [0.1, 0.15) is 94.0 Å². The molecule has 15 heteroatoms. The number of nitrogens with zero attached hydrogens (tertiary/aromatic N) is 5. The van der Waals surface area contributed by atoms with Gasteiger partial charge in [0.25, 0.3) is 0 Å². The fraction of sp³-hybridized carbons (Fsp3) is 0.488. The van der Waals surface area contributed by atoms with Crippen LogP contribution in [0.2, 0.25) is 0 Å². The number of imide groups is 1. The lowest BCUT2D eigenvalue weighted by Crippen LogP contribution is -2.47. The first-order valence-corrected chi connectivity index (χ1v) is 20.0. The Bertz CT molecular complexity index is 2030. The Morgan fingerprint density at radius 3 is 1.90 bits per heavy atom. The lowest BCUT2D eigenvalue weighted by Gasteiger charge is -2.37. The maximum atomic E-state index is 13.9. The van der Waals surface area contributed by atoms with E-state index in [9.17, 15) is 19.2 Å². The zero-order chi connectivity index (χ0) is 42.4. The number of alkyl carbamates (subject to hydrolysis) is 1. The van der Waals surface area contributed by atoms with Gasteiger partial charge in [0.1, 0.15) is 46.2 Å². The maximum Gasteiger partial charge on any atom is 0.425 e. The molecule has 0 spiro atoms. The van der Waals surface area contributed by atoms with E-state index in [-0.39, 0.29) is 42.8 Å². The van der Waals surface area contributed by atoms with Crippen LogP contribution in [-0.2, 0) is 19.0 Å². The molecule has 312 valence electrons. The van der Waals surface area contributed by atoms with Gasteiger partial charge in [0, 0.05) is 36.9 Å². The van der Waals surface area contributed by atoms with Crippen LogP contribution in [0.15, 0.2) is 67.1 Å². The molecule has 1 saturated carbocycles. The van der Waals surface area contributed by atoms with Crippen molar-refractivity contribution in [2.45, 2.75) is 117 Å². The minimum Gasteiger partial charge on any atom is -0.457 e. The molecular formula is C43H55ClN6O8. The second kappa shape index (κ2) is 18.0. The summed E-state index contributed by atoms with van der Waals surface area (Å²) in [5.74, 6) is 0.922. The van der Waals surface area contributed by atoms with Crippen molar-refractivity contribution in [3.63, 3.8) is 0 Å². The Morgan fingerprint density at radius 1 is 0.776 bits per heavy atom. The van der Waals surface area contributed by atoms with Gasteiger partial charge < -0.3 is 33.7 Å². The second-order valence-electron chi connectivity index (χ2n) is 17.2. The molecule has 1 fully saturated rings. The van der Waals surface area contributed by atoms with E-state index in [1.54, 1.807) is 67.2 Å². The highest BCUT2D eigenvalue weighted by Gasteiger charge is 2.37. The van der Waals surface area contributed by atoms with E-state index < -0.39 is 35.1 Å². The standard InChI is InChI=1S/C43H55ClN6O8/c1-41(2,3)56-38(52)45-23-24-48(34(51)25-44)29-17-19-30(20-18-29)49-26-33(28-15-21-32(22-16-28)55-31-13-11-10-12-14-31)35-36(49)46-27-47-37(35)50(39(53)57-42(4,5)6)40(54)58-43(7,8)9/h10-16,21-22,26-27,29-30H,17-20,23-25H2,1-9H3,(H,45,52). The number of carbonyl (C=O) groups excluding carboxylic acids is 4. The number of rotatable bonds is 10. The number of hydrogen-bond acceptors (Lipinski definition) is 10. The Kier molecular flexibility index (Phi) is 13.6. The number of aromatic nitrogens is 3. The van der Waals surface area contributed by atoms with E-state index in [4.69, 9.17) is 35.5 Å². The molecule has 0 saturated heterocycles. The van der Waals surface area contributed by atoms with Crippen LogP contribution in [0, 0.1) is 0 Å². The van der Waals surface area contributed by atoms with Gasteiger partial charge in [-0.25, -0.2) is 24.4 Å². The monoisotopic (exact) mass is 818 g/mol. The summed E-state index contributed by atoms with van der Waals surface area (Å²) in [6.07, 6.45) is 3.49. The number of hydrogen-bond donors (Lipinski definition) is 1. The van der Waals surface area contributed by atoms with Crippen molar-refractivity contribution in [1.29, 1.82) is 0 Å². The highest BCUT2D eigenvalue weighted by atomic mass is 35.5. The number of carbonyl (C=O) groups is 4. The van der Waals surface area contributed by atoms with Crippen molar-refractivity contribution >= 4 is 52.6 Å². The average molecular weight is 819 g/mol. The van der Waals surface area contributed by atoms with Crippen LogP contribution in [0.25, 0.3) is 22.2 Å². The van der Waals surface area contributed by atoms with E-state index in [2.05, 4.69) is 14.9 Å². The van der Waals surface area contributed by atoms with E-state index in [1.165, 1.54) is 6.33 Å². The number of nitrogens with one attached hydrogen (secondary N) is 1. The van der Waals surface area contributed by atoms with Crippen molar-refractivity contribution in [3.05, 3.63) is 67.1 Å². The van der Waals surface area contributed by atoms with Gasteiger partial charge in [-0.1, -0.05) is 30.3 Å². The van der Waals surface area contributed by atoms with Crippen molar-refractivity contribution < 1.29 is 38.1 Å². The highest BCUT2D eigenvalue weighted by molar-refractivity contribution is 6.27. The van der Waals surface area contributed by atoms with Crippen molar-refractivity contribution in [2.75, 3.05) is 23.9 Å². The average Bonchev–Trinajstić information content (AvgIpc) is 3.52. The molecule has 0 bridgehead atoms. The molecule has 1 N–H and O–H groups in total. The van der Waals surface area contributed by atoms with Gasteiger partial charge in [-0.3, -0.25) is 4.79 Å². The number of para-hydroxylation sites is 1. The third-order valence-electron chi connectivity index (χ3n) is 9.05. The lowest BCUT2D eigenvalue weighted by molar-refractivity contribution is -0.131. The van der Waals surface area contributed by atoms with Crippen LogP contribution < -0.4 is 15.0 Å². The van der Waals surface area contributed by atoms with Gasteiger partial charge >= 0.3 is 18.3 Å². The SMILES string of the molecule is CC(C)(C)OC(=O)NCCN(C(=O)CCl)C1CCC(n2cc(-c3ccc(Oc4ccccc4)cc3)c3c(N(C(=O)OC(C)(C)C)C(=O)OC(C)(C)C)ncnc32)CC1. The predicted molar refractivity (Wildman–Crippen MR) is 222 cm³/mol. The minimum absolute atomic E-state index is 0.0110. The van der Waals surface area contributed by atoms with Crippen LogP contribution >= 0.6 is 11.6 Å². The molecule has 5 rings (SSSR count). The molecule has 2 aromatic heterocycles. The van der Waals surface area contributed by atoms with Crippen LogP contribution in [-0.4, -0.2) is 85.4 Å². The summed E-state index contributed by atoms with van der Waals surface area (Å²) < 4.78 is 24.9. The first kappa shape index (κ1) is 43.7. The first-order valence-electron chi connectivity index (χ1n) is 19.5. The Labute approximate surface area is 345 Å². The number of fused-ring (bicyclic) bond motifs is 1. The van der Waals surface area contributed by atoms with Crippen molar-refractivity contribution in [3.8, 4) is 22.6 Å². The van der Waals surface area contributed by atoms with Gasteiger partial charge in [-0.2, -0.15) is 4.90 Å². The predicted octanol–water partition coefficient (Wildman–Crippen LogP) is 9.64. The molecule has 14 nitrogen and oxygen atoms in total. The maximum absolute atomic E-state index is 13.9. The number of ether oxygens (including phenoxy) is 4. The molecule has 0 atom stereocenters. The Morgan fingerprint density at radius 2 is 1.34 bits per heavy atom. The summed E-state index contributed by atoms with van der Waals surface area (Å²) >= 11 is 6.05. The fourth-order valence-electron chi connectivity index (χ4n) is 6.75. The topological polar surface area (TPSA) is 154 Å². The summed E-state index contributed by atoms with van der Waals surface area (Å²) in [5.41, 5.74) is -0.583. The number of amides is 4. The van der Waals surface area contributed by atoms with Gasteiger partial charge in [-0.05, 0) is 118 Å². The molecule has 2 heterocycles. The first-order chi connectivity index (χ1) is 27.2. The van der Waals surface area contributed by atoms with Gasteiger partial charge in [0.15, 0.2) is 5.82 Å². The highest BCUT2D eigenvalue weighted by Crippen LogP contribution is 2.41.